The highest BCUT2D eigenvalue weighted by atomic mass is 32.1. The van der Waals surface area contributed by atoms with Gasteiger partial charge in [-0.3, -0.25) is 4.99 Å². The zero-order valence-electron chi connectivity index (χ0n) is 15.4. The Bertz CT molecular complexity index is 637. The molecule has 4 rings (SSSR count). The number of nitrogens with zero attached hydrogens (tertiary/aromatic N) is 3. The minimum Gasteiger partial charge on any atom is -0.377 e. The maximum absolute atomic E-state index is 6.07. The Hall–Kier alpha value is -1.21. The van der Waals surface area contributed by atoms with Crippen molar-refractivity contribution in [2.24, 2.45) is 16.3 Å². The van der Waals surface area contributed by atoms with E-state index in [1.165, 1.54) is 32.1 Å². The molecule has 0 aromatic carbocycles. The number of nitrogens with one attached hydrogen (secondary N) is 2. The molecule has 1 aromatic heterocycles. The van der Waals surface area contributed by atoms with Gasteiger partial charge in [0.05, 0.1) is 12.6 Å². The van der Waals surface area contributed by atoms with Crippen LogP contribution in [0, 0.1) is 11.3 Å². The zero-order chi connectivity index (χ0) is 17.4. The van der Waals surface area contributed by atoms with E-state index in [1.54, 1.807) is 11.3 Å². The van der Waals surface area contributed by atoms with Crippen molar-refractivity contribution >= 4 is 17.3 Å². The fourth-order valence-corrected chi connectivity index (χ4v) is 5.76. The molecular weight excluding hydrogens is 334 g/mol. The third kappa shape index (κ3) is 2.95. The van der Waals surface area contributed by atoms with Crippen LogP contribution in [-0.2, 0) is 11.3 Å². The van der Waals surface area contributed by atoms with Crippen molar-refractivity contribution in [2.45, 2.75) is 70.6 Å². The number of aromatic nitrogens is 2. The summed E-state index contributed by atoms with van der Waals surface area (Å²) in [5.41, 5.74) is 0.340. The van der Waals surface area contributed by atoms with Gasteiger partial charge in [0.25, 0.3) is 0 Å². The highest BCUT2D eigenvalue weighted by Gasteiger charge is 2.65. The summed E-state index contributed by atoms with van der Waals surface area (Å²) in [6.07, 6.45) is 6.89. The van der Waals surface area contributed by atoms with Crippen LogP contribution >= 0.6 is 11.3 Å². The Balaban J connectivity index is 1.38. The molecule has 3 aliphatic rings. The van der Waals surface area contributed by atoms with Crippen LogP contribution in [0.15, 0.2) is 4.99 Å². The largest absolute Gasteiger partial charge is 0.377 e. The fraction of sp³-hybridized carbons (Fsp3) is 0.833. The van der Waals surface area contributed by atoms with E-state index in [4.69, 9.17) is 4.74 Å². The molecule has 6 nitrogen and oxygen atoms in total. The minimum atomic E-state index is 0.340. The lowest BCUT2D eigenvalue weighted by atomic mass is 9.54. The average molecular weight is 364 g/mol. The van der Waals surface area contributed by atoms with Crippen molar-refractivity contribution in [3.05, 3.63) is 10.0 Å². The van der Waals surface area contributed by atoms with E-state index in [9.17, 15) is 0 Å². The van der Waals surface area contributed by atoms with Gasteiger partial charge in [0.2, 0.25) is 0 Å². The SMILES string of the molecule is CN=C(NCc1nnc(C(C)C)s1)NC1C2CCOC2C12CCCC2. The number of guanidine groups is 1. The van der Waals surface area contributed by atoms with Crippen molar-refractivity contribution in [3.63, 3.8) is 0 Å². The first-order chi connectivity index (χ1) is 12.1. The van der Waals surface area contributed by atoms with Gasteiger partial charge in [-0.25, -0.2) is 0 Å². The standard InChI is InChI=1S/C18H29N5OS/c1-11(2)16-23-22-13(25-16)10-20-17(19-3)21-14-12-6-9-24-15(12)18(14)7-4-5-8-18/h11-12,14-15H,4-10H2,1-3H3,(H2,19,20,21). The van der Waals surface area contributed by atoms with Crippen LogP contribution in [-0.4, -0.2) is 42.0 Å². The van der Waals surface area contributed by atoms with Gasteiger partial charge in [-0.2, -0.15) is 0 Å². The molecule has 1 spiro atoms. The predicted octanol–water partition coefficient (Wildman–Crippen LogP) is 2.67. The second-order valence-electron chi connectivity index (χ2n) is 7.92. The highest BCUT2D eigenvalue weighted by molar-refractivity contribution is 7.11. The number of aliphatic imine (C=N–C) groups is 1. The molecule has 7 heteroatoms. The number of hydrogen-bond donors (Lipinski definition) is 2. The molecule has 0 radical (unpaired) electrons. The van der Waals surface area contributed by atoms with E-state index in [1.807, 2.05) is 7.05 Å². The van der Waals surface area contributed by atoms with Gasteiger partial charge >= 0.3 is 0 Å². The molecule has 0 bridgehead atoms. The summed E-state index contributed by atoms with van der Waals surface area (Å²) < 4.78 is 6.07. The molecule has 2 saturated carbocycles. The Labute approximate surface area is 153 Å². The Morgan fingerprint density at radius 3 is 2.84 bits per heavy atom. The Morgan fingerprint density at radius 2 is 2.16 bits per heavy atom. The van der Waals surface area contributed by atoms with Crippen LogP contribution in [0.4, 0.5) is 0 Å². The van der Waals surface area contributed by atoms with Crippen molar-refractivity contribution in [3.8, 4) is 0 Å². The normalized spacial score (nSPS) is 30.6. The van der Waals surface area contributed by atoms with Gasteiger partial charge in [-0.15, -0.1) is 10.2 Å². The van der Waals surface area contributed by atoms with Crippen LogP contribution in [0.25, 0.3) is 0 Å². The highest BCUT2D eigenvalue weighted by Crippen LogP contribution is 2.60. The number of ether oxygens (including phenoxy) is 1. The summed E-state index contributed by atoms with van der Waals surface area (Å²) in [4.78, 5) is 4.45. The third-order valence-corrected chi connectivity index (χ3v) is 7.41. The van der Waals surface area contributed by atoms with Crippen molar-refractivity contribution in [1.82, 2.24) is 20.8 Å². The Kier molecular flexibility index (Phi) is 4.71. The summed E-state index contributed by atoms with van der Waals surface area (Å²) in [6, 6.07) is 0.495. The Morgan fingerprint density at radius 1 is 1.36 bits per heavy atom. The van der Waals surface area contributed by atoms with Gasteiger partial charge in [-0.05, 0) is 19.3 Å². The van der Waals surface area contributed by atoms with Crippen molar-refractivity contribution in [2.75, 3.05) is 13.7 Å². The van der Waals surface area contributed by atoms with Gasteiger partial charge in [0.1, 0.15) is 10.0 Å². The number of fused-ring (bicyclic) bond motifs is 2. The summed E-state index contributed by atoms with van der Waals surface area (Å²) in [7, 11) is 1.84. The summed E-state index contributed by atoms with van der Waals surface area (Å²) in [5, 5.41) is 17.8. The molecule has 3 unspecified atom stereocenters. The van der Waals surface area contributed by atoms with E-state index in [0.717, 1.165) is 22.6 Å². The van der Waals surface area contributed by atoms with Gasteiger partial charge in [0.15, 0.2) is 5.96 Å². The van der Waals surface area contributed by atoms with Crippen LogP contribution in [0.3, 0.4) is 0 Å². The number of rotatable bonds is 4. The predicted molar refractivity (Wildman–Crippen MR) is 99.9 cm³/mol. The van der Waals surface area contributed by atoms with Crippen LogP contribution in [0.5, 0.6) is 0 Å². The van der Waals surface area contributed by atoms with Gasteiger partial charge in [-0.1, -0.05) is 38.0 Å². The third-order valence-electron chi connectivity index (χ3n) is 6.19. The molecule has 1 aliphatic heterocycles. The minimum absolute atomic E-state index is 0.340. The maximum atomic E-state index is 6.07. The second kappa shape index (κ2) is 6.83. The summed E-state index contributed by atoms with van der Waals surface area (Å²) >= 11 is 1.68. The monoisotopic (exact) mass is 363 g/mol. The molecule has 3 fully saturated rings. The maximum Gasteiger partial charge on any atom is 0.191 e. The molecular formula is C18H29N5OS. The second-order valence-corrected chi connectivity index (χ2v) is 9.01. The molecule has 138 valence electrons. The van der Waals surface area contributed by atoms with E-state index < -0.39 is 0 Å². The van der Waals surface area contributed by atoms with Crippen LogP contribution in [0.1, 0.15) is 61.9 Å². The molecule has 3 atom stereocenters. The lowest BCUT2D eigenvalue weighted by molar-refractivity contribution is -0.125. The van der Waals surface area contributed by atoms with E-state index >= 15 is 0 Å². The van der Waals surface area contributed by atoms with E-state index in [2.05, 4.69) is 39.7 Å². The molecule has 2 N–H and O–H groups in total. The zero-order valence-corrected chi connectivity index (χ0v) is 16.2. The molecule has 25 heavy (non-hydrogen) atoms. The van der Waals surface area contributed by atoms with Gasteiger partial charge in [0, 0.05) is 36.9 Å². The summed E-state index contributed by atoms with van der Waals surface area (Å²) in [6.45, 7) is 5.89. The quantitative estimate of drug-likeness (QED) is 0.636. The summed E-state index contributed by atoms with van der Waals surface area (Å²) in [5.74, 6) is 1.95. The first-order valence-corrected chi connectivity index (χ1v) is 10.4. The first-order valence-electron chi connectivity index (χ1n) is 9.55. The lowest BCUT2D eigenvalue weighted by Gasteiger charge is -2.57. The lowest BCUT2D eigenvalue weighted by Crippen LogP contribution is -2.69. The number of hydrogen-bond acceptors (Lipinski definition) is 5. The van der Waals surface area contributed by atoms with E-state index in [0.29, 0.717) is 35.9 Å². The molecule has 2 heterocycles. The molecule has 1 aromatic rings. The van der Waals surface area contributed by atoms with Gasteiger partial charge < -0.3 is 15.4 Å². The van der Waals surface area contributed by atoms with Crippen molar-refractivity contribution < 1.29 is 4.74 Å². The molecule has 1 saturated heterocycles. The first kappa shape index (κ1) is 17.2. The smallest absolute Gasteiger partial charge is 0.191 e. The molecule has 2 aliphatic carbocycles. The average Bonchev–Trinajstić information content (AvgIpc) is 3.34. The fourth-order valence-electron chi connectivity index (χ4n) is 4.98. The topological polar surface area (TPSA) is 71.4 Å². The van der Waals surface area contributed by atoms with E-state index in [-0.39, 0.29) is 0 Å². The van der Waals surface area contributed by atoms with Crippen LogP contribution < -0.4 is 10.6 Å². The molecule has 0 amide bonds. The van der Waals surface area contributed by atoms with Crippen LogP contribution in [0.2, 0.25) is 0 Å². The van der Waals surface area contributed by atoms with Crippen molar-refractivity contribution in [1.29, 1.82) is 0 Å².